The van der Waals surface area contributed by atoms with Crippen LogP contribution in [0.2, 0.25) is 0 Å². The molecule has 2 atom stereocenters. The van der Waals surface area contributed by atoms with Crippen molar-refractivity contribution in [2.75, 3.05) is 10.6 Å². The van der Waals surface area contributed by atoms with Gasteiger partial charge in [-0.15, -0.1) is 0 Å². The number of benzene rings is 2. The van der Waals surface area contributed by atoms with Crippen LogP contribution in [0.5, 0.6) is 11.5 Å². The number of hydrogen-bond acceptors (Lipinski definition) is 6. The van der Waals surface area contributed by atoms with Gasteiger partial charge in [-0.2, -0.15) is 10.5 Å². The first-order valence-corrected chi connectivity index (χ1v) is 13.6. The number of anilines is 2. The first-order valence-electron chi connectivity index (χ1n) is 13.6. The largest absolute Gasteiger partial charge is 0.716 e. The van der Waals surface area contributed by atoms with E-state index in [1.54, 1.807) is 9.15 Å². The second-order valence-electron chi connectivity index (χ2n) is 12.9. The van der Waals surface area contributed by atoms with Crippen LogP contribution in [0.4, 0.5) is 11.4 Å². The van der Waals surface area contributed by atoms with Crippen molar-refractivity contribution in [3.63, 3.8) is 0 Å². The topological polar surface area (TPSA) is 96.1 Å². The monoisotopic (exact) mass is 520 g/mol. The van der Waals surface area contributed by atoms with E-state index < -0.39 is 6.03 Å². The lowest BCUT2D eigenvalue weighted by Gasteiger charge is -2.38. The predicted molar refractivity (Wildman–Crippen MR) is 147 cm³/mol. The predicted octanol–water partition coefficient (Wildman–Crippen LogP) is 5.31. The van der Waals surface area contributed by atoms with Gasteiger partial charge < -0.3 is 20.1 Å². The molecule has 5 aliphatic heterocycles. The molecule has 39 heavy (non-hydrogen) atoms. The van der Waals surface area contributed by atoms with Crippen LogP contribution in [0.15, 0.2) is 35.7 Å². The van der Waals surface area contributed by atoms with Crippen molar-refractivity contribution in [3.8, 4) is 23.6 Å². The lowest BCUT2D eigenvalue weighted by Crippen LogP contribution is -2.60. The number of ether oxygens (including phenoxy) is 2. The van der Waals surface area contributed by atoms with Gasteiger partial charge in [0.05, 0.1) is 11.1 Å². The zero-order valence-corrected chi connectivity index (χ0v) is 23.1. The molecule has 0 saturated carbocycles. The van der Waals surface area contributed by atoms with E-state index in [9.17, 15) is 10.5 Å². The Bertz CT molecular complexity index is 1560. The molecule has 5 heterocycles. The van der Waals surface area contributed by atoms with E-state index in [-0.39, 0.29) is 22.5 Å². The number of nitriles is 2. The van der Waals surface area contributed by atoms with Crippen LogP contribution in [-0.2, 0) is 0 Å². The molecule has 0 aliphatic carbocycles. The molecule has 5 aliphatic rings. The van der Waals surface area contributed by atoms with Gasteiger partial charge in [-0.3, -0.25) is 0 Å². The third-order valence-corrected chi connectivity index (χ3v) is 8.55. The van der Waals surface area contributed by atoms with Crippen LogP contribution < -0.4 is 20.1 Å². The summed E-state index contributed by atoms with van der Waals surface area (Å²) in [4.78, 5) is 0. The fourth-order valence-corrected chi connectivity index (χ4v) is 7.14. The molecule has 2 N–H and O–H groups in total. The molecule has 0 bridgehead atoms. The Kier molecular flexibility index (Phi) is 4.52. The van der Waals surface area contributed by atoms with E-state index in [2.05, 4.69) is 76.4 Å². The van der Waals surface area contributed by atoms with Crippen LogP contribution in [0, 0.1) is 22.7 Å². The highest BCUT2D eigenvalue weighted by atomic mass is 16.7. The molecule has 0 radical (unpaired) electrons. The first kappa shape index (κ1) is 23.8. The summed E-state index contributed by atoms with van der Waals surface area (Å²) in [7, 11) is 0. The van der Waals surface area contributed by atoms with Gasteiger partial charge in [-0.1, -0.05) is 13.8 Å². The SMILES string of the molecule is CC1CC(C)(C)Nc2cc3c(cc21)C=[N+]1C(C#N)=C(C#N)[N+]2=Cc4cc5c(cc4OC12O3)NC(C)(C)CC5C. The van der Waals surface area contributed by atoms with Crippen molar-refractivity contribution >= 4 is 23.8 Å². The van der Waals surface area contributed by atoms with E-state index >= 15 is 0 Å². The van der Waals surface area contributed by atoms with Crippen LogP contribution in [0.25, 0.3) is 0 Å². The highest BCUT2D eigenvalue weighted by Gasteiger charge is 2.74. The van der Waals surface area contributed by atoms with Crippen LogP contribution in [0.3, 0.4) is 0 Å². The zero-order valence-electron chi connectivity index (χ0n) is 23.1. The summed E-state index contributed by atoms with van der Waals surface area (Å²) in [6.45, 7) is 13.3. The number of rotatable bonds is 0. The van der Waals surface area contributed by atoms with Crippen molar-refractivity contribution in [2.45, 2.75) is 83.3 Å². The molecule has 0 aromatic heterocycles. The summed E-state index contributed by atoms with van der Waals surface area (Å²) in [5, 5.41) is 27.7. The zero-order chi connectivity index (χ0) is 27.5. The number of nitrogens with zero attached hydrogens (tertiary/aromatic N) is 4. The second-order valence-corrected chi connectivity index (χ2v) is 12.9. The van der Waals surface area contributed by atoms with E-state index in [0.717, 1.165) is 35.3 Å². The van der Waals surface area contributed by atoms with Gasteiger partial charge in [0.2, 0.25) is 0 Å². The van der Waals surface area contributed by atoms with Gasteiger partial charge in [-0.05, 0) is 84.8 Å². The molecule has 1 spiro atoms. The molecular weight excluding hydrogens is 488 g/mol. The normalized spacial score (nSPS) is 28.0. The minimum absolute atomic E-state index is 0.0443. The average molecular weight is 521 g/mol. The van der Waals surface area contributed by atoms with Crippen molar-refractivity contribution in [2.24, 2.45) is 0 Å². The molecule has 8 heteroatoms. The van der Waals surface area contributed by atoms with Crippen molar-refractivity contribution < 1.29 is 18.6 Å². The van der Waals surface area contributed by atoms with Gasteiger partial charge in [-0.25, -0.2) is 0 Å². The summed E-state index contributed by atoms with van der Waals surface area (Å²) in [6, 6.07) is 11.2. The Morgan fingerprint density at radius 2 is 1.15 bits per heavy atom. The maximum absolute atomic E-state index is 10.2. The van der Waals surface area contributed by atoms with Gasteiger partial charge >= 0.3 is 17.4 Å². The summed E-state index contributed by atoms with van der Waals surface area (Å²) in [5.74, 6) is 1.98. The Hall–Kier alpha value is -4.30. The lowest BCUT2D eigenvalue weighted by atomic mass is 9.81. The molecule has 0 fully saturated rings. The molecule has 0 saturated heterocycles. The fourth-order valence-electron chi connectivity index (χ4n) is 7.14. The third-order valence-electron chi connectivity index (χ3n) is 8.55. The molecule has 0 amide bonds. The average Bonchev–Trinajstić information content (AvgIpc) is 3.10. The van der Waals surface area contributed by atoms with Gasteiger partial charge in [0.1, 0.15) is 0 Å². The highest BCUT2D eigenvalue weighted by molar-refractivity contribution is 5.86. The minimum atomic E-state index is -1.55. The molecule has 7 rings (SSSR count). The Balaban J connectivity index is 1.41. The van der Waals surface area contributed by atoms with Crippen molar-refractivity contribution in [1.29, 1.82) is 10.5 Å². The molecule has 2 aromatic carbocycles. The van der Waals surface area contributed by atoms with Crippen LogP contribution in [-0.4, -0.2) is 38.7 Å². The molecule has 2 unspecified atom stereocenters. The van der Waals surface area contributed by atoms with E-state index in [1.807, 2.05) is 24.6 Å². The Labute approximate surface area is 228 Å². The number of hydrogen-bond donors (Lipinski definition) is 2. The standard InChI is InChI=1S/C31H30N6O2/c1-17-11-29(3,4)34-23-9-27-19(7-21(17)23)15-36-25(13-32)26(14-33)37-16-20-8-22-18(2)12-30(5,6)35-24(22)10-28(20)39-31(36,37)38-27/h7-10,15-18H,11-12H2,1-6H3/p+2. The maximum Gasteiger partial charge on any atom is 0.716 e. The summed E-state index contributed by atoms with van der Waals surface area (Å²) in [6.07, 6.45) is 5.77. The molecule has 2 aromatic rings. The van der Waals surface area contributed by atoms with Crippen molar-refractivity contribution in [3.05, 3.63) is 57.9 Å². The van der Waals surface area contributed by atoms with E-state index in [4.69, 9.17) is 9.47 Å². The van der Waals surface area contributed by atoms with Gasteiger partial charge in [0, 0.05) is 34.6 Å². The Morgan fingerprint density at radius 3 is 1.54 bits per heavy atom. The fraction of sp³-hybridized carbons (Fsp3) is 0.419. The highest BCUT2D eigenvalue weighted by Crippen LogP contribution is 2.48. The summed E-state index contributed by atoms with van der Waals surface area (Å²) >= 11 is 0. The van der Waals surface area contributed by atoms with E-state index in [1.165, 1.54) is 11.1 Å². The first-order chi connectivity index (χ1) is 18.4. The van der Waals surface area contributed by atoms with Gasteiger partial charge in [0.15, 0.2) is 36.1 Å². The van der Waals surface area contributed by atoms with Crippen LogP contribution >= 0.6 is 0 Å². The number of allylic oxidation sites excluding steroid dienone is 2. The molecule has 8 nitrogen and oxygen atoms in total. The quantitative estimate of drug-likeness (QED) is 0.457. The number of nitrogens with one attached hydrogen (secondary N) is 2. The summed E-state index contributed by atoms with van der Waals surface area (Å²) < 4.78 is 16.7. The van der Waals surface area contributed by atoms with Gasteiger partial charge in [0.25, 0.3) is 0 Å². The Morgan fingerprint density at radius 1 is 0.744 bits per heavy atom. The summed E-state index contributed by atoms with van der Waals surface area (Å²) in [5.41, 5.74) is 6.46. The second kappa shape index (κ2) is 7.42. The maximum atomic E-state index is 10.2. The smallest absolute Gasteiger partial charge is 0.380 e. The third kappa shape index (κ3) is 3.27. The molecular formula is C31H32N6O2+2. The molecule has 196 valence electrons. The minimum Gasteiger partial charge on any atom is -0.380 e. The number of fused-ring (bicyclic) bond motifs is 4. The lowest BCUT2D eigenvalue weighted by molar-refractivity contribution is -0.848. The van der Waals surface area contributed by atoms with Crippen molar-refractivity contribution in [1.82, 2.24) is 0 Å². The van der Waals surface area contributed by atoms with Crippen LogP contribution in [0.1, 0.15) is 88.5 Å². The van der Waals surface area contributed by atoms with E-state index in [0.29, 0.717) is 23.3 Å².